The summed E-state index contributed by atoms with van der Waals surface area (Å²) in [6, 6.07) is 0. The molecule has 0 aliphatic carbocycles. The number of hydrogen-bond donors (Lipinski definition) is 1. The van der Waals surface area contributed by atoms with Gasteiger partial charge in [-0.05, 0) is 0 Å². The van der Waals surface area contributed by atoms with E-state index in [1.54, 1.807) is 0 Å². The Morgan fingerprint density at radius 2 is 2.19 bits per heavy atom. The van der Waals surface area contributed by atoms with E-state index in [4.69, 9.17) is 15.2 Å². The predicted molar refractivity (Wildman–Crippen MR) is 50.4 cm³/mol. The van der Waals surface area contributed by atoms with Crippen LogP contribution >= 0.6 is 0 Å². The first kappa shape index (κ1) is 12.4. The van der Waals surface area contributed by atoms with Crippen molar-refractivity contribution in [2.75, 3.05) is 26.1 Å². The van der Waals surface area contributed by atoms with Crippen LogP contribution < -0.4 is 15.2 Å². The highest BCUT2D eigenvalue weighted by atomic mass is 19.3. The fourth-order valence-electron chi connectivity index (χ4n) is 0.902. The Morgan fingerprint density at radius 3 is 2.81 bits per heavy atom. The van der Waals surface area contributed by atoms with E-state index >= 15 is 0 Å². The fourth-order valence-corrected chi connectivity index (χ4v) is 0.902. The standard InChI is InChI=1S/C8H11F2N3O3/c1-14-6-5(4-12-8(11)13-6)15-2-3-16-7(9)10/h4,7H,2-3H2,1H3,(H2,11,12,13). The molecule has 0 aliphatic rings. The minimum Gasteiger partial charge on any atom is -0.484 e. The van der Waals surface area contributed by atoms with Crippen LogP contribution in [0.4, 0.5) is 14.7 Å². The maximum absolute atomic E-state index is 11.6. The molecule has 1 rings (SSSR count). The monoisotopic (exact) mass is 235 g/mol. The Kier molecular flexibility index (Phi) is 4.65. The molecule has 0 fully saturated rings. The Balaban J connectivity index is 2.47. The van der Waals surface area contributed by atoms with Crippen molar-refractivity contribution in [1.29, 1.82) is 0 Å². The molecule has 16 heavy (non-hydrogen) atoms. The summed E-state index contributed by atoms with van der Waals surface area (Å²) >= 11 is 0. The van der Waals surface area contributed by atoms with Crippen molar-refractivity contribution in [2.45, 2.75) is 6.61 Å². The van der Waals surface area contributed by atoms with Gasteiger partial charge in [0.1, 0.15) is 6.61 Å². The highest BCUT2D eigenvalue weighted by Crippen LogP contribution is 2.23. The van der Waals surface area contributed by atoms with Crippen molar-refractivity contribution in [3.05, 3.63) is 6.20 Å². The molecule has 90 valence electrons. The molecule has 1 aromatic rings. The average molecular weight is 235 g/mol. The number of nitrogens with zero attached hydrogens (tertiary/aromatic N) is 2. The lowest BCUT2D eigenvalue weighted by atomic mass is 10.5. The second-order valence-electron chi connectivity index (χ2n) is 2.58. The van der Waals surface area contributed by atoms with Gasteiger partial charge >= 0.3 is 6.61 Å². The summed E-state index contributed by atoms with van der Waals surface area (Å²) in [7, 11) is 1.38. The van der Waals surface area contributed by atoms with Gasteiger partial charge in [0.2, 0.25) is 5.95 Å². The summed E-state index contributed by atoms with van der Waals surface area (Å²) in [5, 5.41) is 0. The highest BCUT2D eigenvalue weighted by Gasteiger charge is 2.08. The number of hydrogen-bond acceptors (Lipinski definition) is 6. The number of nitrogen functional groups attached to an aromatic ring is 1. The summed E-state index contributed by atoms with van der Waals surface area (Å²) in [4.78, 5) is 7.41. The highest BCUT2D eigenvalue weighted by molar-refractivity contribution is 5.35. The Labute approximate surface area is 90.3 Å². The van der Waals surface area contributed by atoms with Gasteiger partial charge in [0.25, 0.3) is 5.88 Å². The molecule has 0 aromatic carbocycles. The summed E-state index contributed by atoms with van der Waals surface area (Å²) in [6.07, 6.45) is 1.30. The lowest BCUT2D eigenvalue weighted by Gasteiger charge is -2.09. The molecule has 0 atom stereocenters. The van der Waals surface area contributed by atoms with Gasteiger partial charge in [-0.2, -0.15) is 13.8 Å². The molecule has 1 heterocycles. The lowest BCUT2D eigenvalue weighted by Crippen LogP contribution is -2.11. The van der Waals surface area contributed by atoms with Gasteiger partial charge in [0, 0.05) is 0 Å². The Morgan fingerprint density at radius 1 is 1.44 bits per heavy atom. The number of aromatic nitrogens is 2. The molecule has 0 saturated carbocycles. The van der Waals surface area contributed by atoms with Crippen LogP contribution in [-0.2, 0) is 4.74 Å². The van der Waals surface area contributed by atoms with Gasteiger partial charge in [0.15, 0.2) is 5.75 Å². The van der Waals surface area contributed by atoms with E-state index in [1.165, 1.54) is 13.3 Å². The van der Waals surface area contributed by atoms with Gasteiger partial charge < -0.3 is 19.9 Å². The van der Waals surface area contributed by atoms with Crippen LogP contribution in [0.15, 0.2) is 6.20 Å². The van der Waals surface area contributed by atoms with Crippen molar-refractivity contribution >= 4 is 5.95 Å². The predicted octanol–water partition coefficient (Wildman–Crippen LogP) is 0.685. The number of methoxy groups -OCH3 is 1. The maximum atomic E-state index is 11.6. The minimum absolute atomic E-state index is 0.0352. The van der Waals surface area contributed by atoms with Crippen molar-refractivity contribution in [1.82, 2.24) is 9.97 Å². The fraction of sp³-hybridized carbons (Fsp3) is 0.500. The lowest BCUT2D eigenvalue weighted by molar-refractivity contribution is -0.133. The molecule has 0 aliphatic heterocycles. The summed E-state index contributed by atoms with van der Waals surface area (Å²) in [6.45, 7) is -3.12. The normalized spacial score (nSPS) is 10.5. The number of anilines is 1. The zero-order valence-corrected chi connectivity index (χ0v) is 8.52. The number of rotatable bonds is 6. The third kappa shape index (κ3) is 3.81. The second-order valence-corrected chi connectivity index (χ2v) is 2.58. The van der Waals surface area contributed by atoms with Gasteiger partial charge in [-0.1, -0.05) is 0 Å². The molecule has 0 radical (unpaired) electrons. The van der Waals surface area contributed by atoms with Crippen molar-refractivity contribution in [3.63, 3.8) is 0 Å². The summed E-state index contributed by atoms with van der Waals surface area (Å²) < 4.78 is 37.2. The summed E-state index contributed by atoms with van der Waals surface area (Å²) in [5.41, 5.74) is 5.32. The average Bonchev–Trinajstić information content (AvgIpc) is 2.25. The third-order valence-electron chi connectivity index (χ3n) is 1.52. The molecule has 0 amide bonds. The molecule has 0 saturated heterocycles. The molecular formula is C8H11F2N3O3. The van der Waals surface area contributed by atoms with Crippen molar-refractivity contribution < 1.29 is 23.0 Å². The molecular weight excluding hydrogens is 224 g/mol. The molecule has 1 aromatic heterocycles. The van der Waals surface area contributed by atoms with Crippen LogP contribution in [0, 0.1) is 0 Å². The van der Waals surface area contributed by atoms with Crippen LogP contribution in [-0.4, -0.2) is 36.9 Å². The van der Waals surface area contributed by atoms with E-state index in [9.17, 15) is 8.78 Å². The molecule has 8 heteroatoms. The van der Waals surface area contributed by atoms with Gasteiger partial charge in [-0.25, -0.2) is 4.98 Å². The van der Waals surface area contributed by atoms with E-state index in [0.29, 0.717) is 0 Å². The molecule has 0 unspecified atom stereocenters. The van der Waals surface area contributed by atoms with Gasteiger partial charge in [0.05, 0.1) is 19.9 Å². The van der Waals surface area contributed by atoms with E-state index in [2.05, 4.69) is 14.7 Å². The minimum atomic E-state index is -2.81. The van der Waals surface area contributed by atoms with Crippen molar-refractivity contribution in [2.24, 2.45) is 0 Å². The zero-order valence-electron chi connectivity index (χ0n) is 8.52. The molecule has 2 N–H and O–H groups in total. The number of alkyl halides is 2. The zero-order chi connectivity index (χ0) is 12.0. The van der Waals surface area contributed by atoms with Crippen LogP contribution in [0.1, 0.15) is 0 Å². The first-order chi connectivity index (χ1) is 7.63. The SMILES string of the molecule is COc1nc(N)ncc1OCCOC(F)F. The molecule has 0 spiro atoms. The van der Waals surface area contributed by atoms with Gasteiger partial charge in [-0.15, -0.1) is 0 Å². The topological polar surface area (TPSA) is 79.5 Å². The quantitative estimate of drug-likeness (QED) is 0.730. The van der Waals surface area contributed by atoms with Gasteiger partial charge in [-0.3, -0.25) is 0 Å². The number of ether oxygens (including phenoxy) is 3. The maximum Gasteiger partial charge on any atom is 0.345 e. The smallest absolute Gasteiger partial charge is 0.345 e. The second kappa shape index (κ2) is 6.01. The molecule has 0 bridgehead atoms. The van der Waals surface area contributed by atoms with Crippen LogP contribution in [0.5, 0.6) is 11.6 Å². The van der Waals surface area contributed by atoms with E-state index < -0.39 is 6.61 Å². The van der Waals surface area contributed by atoms with E-state index in [0.717, 1.165) is 0 Å². The first-order valence-electron chi connectivity index (χ1n) is 4.32. The first-order valence-corrected chi connectivity index (χ1v) is 4.32. The largest absolute Gasteiger partial charge is 0.484 e. The van der Waals surface area contributed by atoms with Crippen LogP contribution in [0.2, 0.25) is 0 Å². The molecule has 6 nitrogen and oxygen atoms in total. The number of halogens is 2. The van der Waals surface area contributed by atoms with Crippen LogP contribution in [0.3, 0.4) is 0 Å². The van der Waals surface area contributed by atoms with E-state index in [-0.39, 0.29) is 30.8 Å². The van der Waals surface area contributed by atoms with Crippen molar-refractivity contribution in [3.8, 4) is 11.6 Å². The van der Waals surface area contributed by atoms with Crippen LogP contribution in [0.25, 0.3) is 0 Å². The number of nitrogens with two attached hydrogens (primary N) is 1. The van der Waals surface area contributed by atoms with E-state index in [1.807, 2.05) is 0 Å². The Bertz CT molecular complexity index is 338. The third-order valence-corrected chi connectivity index (χ3v) is 1.52. The summed E-state index contributed by atoms with van der Waals surface area (Å²) in [5.74, 6) is 0.396. The Hall–Kier alpha value is -1.70.